The Bertz CT molecular complexity index is 213. The van der Waals surface area contributed by atoms with Crippen LogP contribution in [0.4, 0.5) is 0 Å². The maximum Gasteiger partial charge on any atom is 0.291 e. The second-order valence-electron chi connectivity index (χ2n) is 6.01. The summed E-state index contributed by atoms with van der Waals surface area (Å²) >= 11 is 0. The molecule has 0 spiro atoms. The smallest absolute Gasteiger partial charge is 0.291 e. The molecule has 0 fully saturated rings. The van der Waals surface area contributed by atoms with Gasteiger partial charge >= 0.3 is 0 Å². The topological polar surface area (TPSA) is 26.3 Å². The zero-order chi connectivity index (χ0) is 13.6. The SMILES string of the molecule is CC(C)C(CCCC(=O)O[SiH3])(C(C)C)C(C)C. The van der Waals surface area contributed by atoms with E-state index in [4.69, 9.17) is 4.43 Å². The number of carbonyl (C=O) groups excluding carboxylic acids is 1. The largest absolute Gasteiger partial charge is 0.529 e. The number of hydrogen-bond acceptors (Lipinski definition) is 2. The Morgan fingerprint density at radius 2 is 1.47 bits per heavy atom. The molecule has 0 atom stereocenters. The van der Waals surface area contributed by atoms with Crippen molar-refractivity contribution in [2.75, 3.05) is 0 Å². The summed E-state index contributed by atoms with van der Waals surface area (Å²) in [7, 11) is 0.519. The van der Waals surface area contributed by atoms with Crippen LogP contribution in [0, 0.1) is 23.2 Å². The molecule has 3 heteroatoms. The van der Waals surface area contributed by atoms with E-state index in [9.17, 15) is 4.79 Å². The van der Waals surface area contributed by atoms with E-state index in [1.165, 1.54) is 0 Å². The van der Waals surface area contributed by atoms with Gasteiger partial charge in [0.05, 0.1) is 0 Å². The van der Waals surface area contributed by atoms with Crippen molar-refractivity contribution in [3.8, 4) is 0 Å². The summed E-state index contributed by atoms with van der Waals surface area (Å²) in [5.74, 6) is 1.92. The first-order valence-corrected chi connectivity index (χ1v) is 7.67. The summed E-state index contributed by atoms with van der Waals surface area (Å²) in [6, 6.07) is 0. The van der Waals surface area contributed by atoms with Crippen molar-refractivity contribution in [1.82, 2.24) is 0 Å². The average molecular weight is 258 g/mol. The lowest BCUT2D eigenvalue weighted by atomic mass is 9.60. The molecule has 0 saturated heterocycles. The van der Waals surface area contributed by atoms with Crippen LogP contribution >= 0.6 is 0 Å². The van der Waals surface area contributed by atoms with Gasteiger partial charge in [0.15, 0.2) is 0 Å². The summed E-state index contributed by atoms with van der Waals surface area (Å²) in [6.07, 6.45) is 2.66. The highest BCUT2D eigenvalue weighted by molar-refractivity contribution is 6.05. The van der Waals surface area contributed by atoms with Gasteiger partial charge in [-0.15, -0.1) is 0 Å². The van der Waals surface area contributed by atoms with Gasteiger partial charge in [-0.1, -0.05) is 41.5 Å². The minimum atomic E-state index is -0.0261. The van der Waals surface area contributed by atoms with E-state index in [0.29, 0.717) is 40.1 Å². The predicted molar refractivity (Wildman–Crippen MR) is 76.8 cm³/mol. The molecule has 0 radical (unpaired) electrons. The van der Waals surface area contributed by atoms with Crippen molar-refractivity contribution in [2.45, 2.75) is 60.8 Å². The first kappa shape index (κ1) is 16.7. The van der Waals surface area contributed by atoms with Crippen LogP contribution < -0.4 is 0 Å². The Balaban J connectivity index is 4.65. The zero-order valence-corrected chi connectivity index (χ0v) is 14.7. The van der Waals surface area contributed by atoms with Crippen LogP contribution in [0.5, 0.6) is 0 Å². The van der Waals surface area contributed by atoms with Gasteiger partial charge in [-0.3, -0.25) is 4.79 Å². The van der Waals surface area contributed by atoms with Crippen LogP contribution in [0.25, 0.3) is 0 Å². The van der Waals surface area contributed by atoms with E-state index < -0.39 is 0 Å². The summed E-state index contributed by atoms with van der Waals surface area (Å²) in [5.41, 5.74) is 0.339. The van der Waals surface area contributed by atoms with Crippen molar-refractivity contribution >= 4 is 16.5 Å². The number of hydrogen-bond donors (Lipinski definition) is 0. The molecule has 0 aromatic heterocycles. The fourth-order valence-corrected chi connectivity index (χ4v) is 3.71. The van der Waals surface area contributed by atoms with E-state index in [1.54, 1.807) is 0 Å². The van der Waals surface area contributed by atoms with Crippen molar-refractivity contribution < 1.29 is 9.22 Å². The molecule has 0 aromatic carbocycles. The van der Waals surface area contributed by atoms with Crippen LogP contribution in [0.2, 0.25) is 0 Å². The van der Waals surface area contributed by atoms with Gasteiger partial charge in [-0.05, 0) is 36.0 Å². The Hall–Kier alpha value is -0.313. The van der Waals surface area contributed by atoms with Crippen LogP contribution in [0.3, 0.4) is 0 Å². The van der Waals surface area contributed by atoms with Crippen molar-refractivity contribution in [3.05, 3.63) is 0 Å². The third-order valence-electron chi connectivity index (χ3n) is 4.44. The van der Waals surface area contributed by atoms with E-state index in [1.807, 2.05) is 0 Å². The lowest BCUT2D eigenvalue weighted by Crippen LogP contribution is -2.38. The Labute approximate surface area is 110 Å². The Morgan fingerprint density at radius 3 is 1.76 bits per heavy atom. The zero-order valence-electron chi connectivity index (χ0n) is 12.7. The second kappa shape index (κ2) is 7.19. The minimum absolute atomic E-state index is 0.0261. The molecule has 0 aromatic rings. The van der Waals surface area contributed by atoms with Gasteiger partial charge in [0.2, 0.25) is 10.5 Å². The molecule has 0 unspecified atom stereocenters. The van der Waals surface area contributed by atoms with E-state index >= 15 is 0 Å². The monoisotopic (exact) mass is 258 g/mol. The third kappa shape index (κ3) is 4.13. The normalized spacial score (nSPS) is 12.8. The molecular weight excluding hydrogens is 228 g/mol. The van der Waals surface area contributed by atoms with Gasteiger partial charge in [-0.25, -0.2) is 0 Å². The highest BCUT2D eigenvalue weighted by atomic mass is 28.2. The number of carbonyl (C=O) groups is 1. The molecule has 17 heavy (non-hydrogen) atoms. The summed E-state index contributed by atoms with van der Waals surface area (Å²) < 4.78 is 4.85. The first-order valence-electron chi connectivity index (χ1n) is 6.85. The molecule has 2 nitrogen and oxygen atoms in total. The summed E-state index contributed by atoms with van der Waals surface area (Å²) in [6.45, 7) is 13.9. The third-order valence-corrected chi connectivity index (χ3v) is 4.90. The lowest BCUT2D eigenvalue weighted by Gasteiger charge is -2.45. The fraction of sp³-hybridized carbons (Fsp3) is 0.929. The molecule has 0 heterocycles. The Kier molecular flexibility index (Phi) is 7.06. The average Bonchev–Trinajstić information content (AvgIpc) is 2.22. The van der Waals surface area contributed by atoms with E-state index in [-0.39, 0.29) is 5.97 Å². The standard InChI is InChI=1S/C14H30O2Si/c1-10(2)14(11(3)4,12(5)6)9-7-8-13(15)16-17/h10-12H,7-9H2,1-6,17H3. The molecule has 0 aliphatic heterocycles. The predicted octanol–water partition coefficient (Wildman–Crippen LogP) is 2.93. The van der Waals surface area contributed by atoms with Gasteiger partial charge in [-0.2, -0.15) is 0 Å². The fourth-order valence-electron chi connectivity index (χ4n) is 3.51. The molecule has 0 rings (SSSR count). The molecule has 102 valence electrons. The van der Waals surface area contributed by atoms with E-state index in [0.717, 1.165) is 12.8 Å². The maximum atomic E-state index is 11.2. The van der Waals surface area contributed by atoms with Crippen molar-refractivity contribution in [3.63, 3.8) is 0 Å². The summed E-state index contributed by atoms with van der Waals surface area (Å²) in [4.78, 5) is 11.2. The van der Waals surface area contributed by atoms with Crippen molar-refractivity contribution in [2.24, 2.45) is 23.2 Å². The quantitative estimate of drug-likeness (QED) is 0.656. The summed E-state index contributed by atoms with van der Waals surface area (Å²) in [5, 5.41) is 0. The number of rotatable bonds is 7. The Morgan fingerprint density at radius 1 is 1.06 bits per heavy atom. The van der Waals surface area contributed by atoms with Crippen LogP contribution in [-0.4, -0.2) is 16.5 Å². The molecule has 0 aliphatic rings. The minimum Gasteiger partial charge on any atom is -0.529 e. The van der Waals surface area contributed by atoms with Gasteiger partial charge in [0, 0.05) is 6.42 Å². The van der Waals surface area contributed by atoms with Crippen LogP contribution in [-0.2, 0) is 9.22 Å². The molecule has 0 saturated carbocycles. The molecule has 0 amide bonds. The van der Waals surface area contributed by atoms with Crippen molar-refractivity contribution in [1.29, 1.82) is 0 Å². The van der Waals surface area contributed by atoms with Crippen LogP contribution in [0.15, 0.2) is 0 Å². The second-order valence-corrected chi connectivity index (χ2v) is 6.41. The van der Waals surface area contributed by atoms with Gasteiger partial charge < -0.3 is 4.43 Å². The molecule has 0 aliphatic carbocycles. The first-order chi connectivity index (χ1) is 7.78. The molecular formula is C14H30O2Si. The highest BCUT2D eigenvalue weighted by Crippen LogP contribution is 2.46. The van der Waals surface area contributed by atoms with Gasteiger partial charge in [0.25, 0.3) is 5.97 Å². The van der Waals surface area contributed by atoms with Crippen LogP contribution in [0.1, 0.15) is 60.8 Å². The van der Waals surface area contributed by atoms with Gasteiger partial charge in [0.1, 0.15) is 0 Å². The highest BCUT2D eigenvalue weighted by Gasteiger charge is 2.39. The lowest BCUT2D eigenvalue weighted by molar-refractivity contribution is -0.134. The maximum absolute atomic E-state index is 11.2. The molecule has 0 N–H and O–H groups in total. The van der Waals surface area contributed by atoms with E-state index in [2.05, 4.69) is 41.5 Å². The molecule has 0 bridgehead atoms.